The molecule has 0 fully saturated rings. The molecule has 0 aliphatic carbocycles. The van der Waals surface area contributed by atoms with Crippen molar-refractivity contribution in [3.8, 4) is 0 Å². The van der Waals surface area contributed by atoms with Crippen LogP contribution in [0.2, 0.25) is 0 Å². The number of aliphatic hydroxyl groups excluding tert-OH is 1. The Balaban J connectivity index is 1.72. The zero-order valence-electron chi connectivity index (χ0n) is 12.4. The van der Waals surface area contributed by atoms with Crippen LogP contribution in [0, 0.1) is 6.92 Å². The molecule has 23 heavy (non-hydrogen) atoms. The van der Waals surface area contributed by atoms with Crippen LogP contribution >= 0.6 is 11.3 Å². The average molecular weight is 326 g/mol. The van der Waals surface area contributed by atoms with Gasteiger partial charge in [0.25, 0.3) is 0 Å². The van der Waals surface area contributed by atoms with E-state index in [0.717, 1.165) is 17.3 Å². The van der Waals surface area contributed by atoms with Gasteiger partial charge in [0, 0.05) is 17.9 Å². The van der Waals surface area contributed by atoms with E-state index in [9.17, 15) is 9.90 Å². The highest BCUT2D eigenvalue weighted by molar-refractivity contribution is 7.11. The Hall–Kier alpha value is -2.80. The van der Waals surface area contributed by atoms with Gasteiger partial charge in [-0.2, -0.15) is 5.10 Å². The van der Waals surface area contributed by atoms with E-state index in [1.165, 1.54) is 23.2 Å². The number of ketones is 1. The van der Waals surface area contributed by atoms with Gasteiger partial charge in [0.05, 0.1) is 5.69 Å². The number of aromatic nitrogens is 4. The fourth-order valence-corrected chi connectivity index (χ4v) is 2.73. The average Bonchev–Trinajstić information content (AvgIpc) is 3.21. The normalized spacial score (nSPS) is 11.6. The first-order chi connectivity index (χ1) is 11.1. The van der Waals surface area contributed by atoms with Crippen LogP contribution in [0.5, 0.6) is 0 Å². The van der Waals surface area contributed by atoms with Gasteiger partial charge in [-0.3, -0.25) is 9.89 Å². The lowest BCUT2D eigenvalue weighted by Gasteiger charge is -1.98. The number of aromatic amines is 1. The summed E-state index contributed by atoms with van der Waals surface area (Å²) in [5.41, 5.74) is 3.17. The van der Waals surface area contributed by atoms with Gasteiger partial charge >= 0.3 is 0 Å². The van der Waals surface area contributed by atoms with E-state index < -0.39 is 0 Å². The van der Waals surface area contributed by atoms with Crippen LogP contribution < -0.4 is 0 Å². The minimum absolute atomic E-state index is 0.0785. The van der Waals surface area contributed by atoms with Crippen LogP contribution in [0.15, 0.2) is 42.0 Å². The second-order valence-corrected chi connectivity index (χ2v) is 5.88. The molecule has 0 saturated heterocycles. The highest BCUT2D eigenvalue weighted by Gasteiger charge is 2.12. The van der Waals surface area contributed by atoms with Gasteiger partial charge in [-0.15, -0.1) is 11.3 Å². The van der Waals surface area contributed by atoms with Crippen molar-refractivity contribution in [3.05, 3.63) is 69.7 Å². The lowest BCUT2D eigenvalue weighted by atomic mass is 10.1. The van der Waals surface area contributed by atoms with Crippen LogP contribution in [-0.2, 0) is 6.42 Å². The largest absolute Gasteiger partial charge is 0.504 e. The number of carbonyl (C=O) groups excluding carboxylic acids is 1. The zero-order chi connectivity index (χ0) is 16.2. The summed E-state index contributed by atoms with van der Waals surface area (Å²) >= 11 is 1.25. The van der Waals surface area contributed by atoms with E-state index in [0.29, 0.717) is 11.4 Å². The summed E-state index contributed by atoms with van der Waals surface area (Å²) < 4.78 is 0. The molecule has 0 atom stereocenters. The first-order valence-electron chi connectivity index (χ1n) is 6.93. The molecule has 0 bridgehead atoms. The third-order valence-electron chi connectivity index (χ3n) is 3.18. The van der Waals surface area contributed by atoms with Gasteiger partial charge in [-0.05, 0) is 12.5 Å². The van der Waals surface area contributed by atoms with Crippen LogP contribution in [0.4, 0.5) is 0 Å². The number of carbonyl (C=O) groups is 1. The van der Waals surface area contributed by atoms with Crippen LogP contribution in [0.1, 0.15) is 32.4 Å². The lowest BCUT2D eigenvalue weighted by molar-refractivity contribution is 0.104. The molecule has 116 valence electrons. The lowest BCUT2D eigenvalue weighted by Crippen LogP contribution is -1.98. The van der Waals surface area contributed by atoms with Crippen molar-refractivity contribution in [1.82, 2.24) is 20.2 Å². The number of nitrogens with one attached hydrogen (secondary N) is 1. The maximum atomic E-state index is 12.1. The maximum Gasteiger partial charge on any atom is 0.218 e. The summed E-state index contributed by atoms with van der Waals surface area (Å²) in [6.07, 6.45) is 3.07. The number of allylic oxidation sites excluding steroid dienone is 1. The molecule has 7 heteroatoms. The first-order valence-corrected chi connectivity index (χ1v) is 7.81. The molecule has 2 N–H and O–H groups in total. The standard InChI is InChI=1S/C16H14N4O2S/c1-10-2-4-11(5-3-10)6-12-8-23-16(19-12)14(22)7-13(21)15-17-9-18-20-15/h2-5,7-9,21H,6H2,1H3,(H,17,18,20). The number of aryl methyl sites for hydroxylation is 1. The summed E-state index contributed by atoms with van der Waals surface area (Å²) in [5, 5.41) is 18.1. The van der Waals surface area contributed by atoms with Crippen molar-refractivity contribution < 1.29 is 9.90 Å². The quantitative estimate of drug-likeness (QED) is 0.427. The van der Waals surface area contributed by atoms with Gasteiger partial charge in [0.1, 0.15) is 6.33 Å². The van der Waals surface area contributed by atoms with Crippen molar-refractivity contribution in [2.24, 2.45) is 0 Å². The SMILES string of the molecule is Cc1ccc(Cc2csc(C(=O)C=C(O)c3nc[nH]n3)n2)cc1. The van der Waals surface area contributed by atoms with Gasteiger partial charge in [-0.25, -0.2) is 9.97 Å². The van der Waals surface area contributed by atoms with Gasteiger partial charge in [0.15, 0.2) is 10.8 Å². The molecular weight excluding hydrogens is 312 g/mol. The number of nitrogens with zero attached hydrogens (tertiary/aromatic N) is 3. The number of hydrogen-bond acceptors (Lipinski definition) is 6. The summed E-state index contributed by atoms with van der Waals surface area (Å²) in [6, 6.07) is 8.19. The minimum Gasteiger partial charge on any atom is -0.504 e. The topological polar surface area (TPSA) is 91.8 Å². The fourth-order valence-electron chi connectivity index (χ4n) is 2.00. The Morgan fingerprint density at radius 3 is 2.83 bits per heavy atom. The molecule has 6 nitrogen and oxygen atoms in total. The van der Waals surface area contributed by atoms with E-state index >= 15 is 0 Å². The molecule has 0 aliphatic heterocycles. The van der Waals surface area contributed by atoms with E-state index in [1.807, 2.05) is 36.6 Å². The Morgan fingerprint density at radius 1 is 1.35 bits per heavy atom. The van der Waals surface area contributed by atoms with Crippen molar-refractivity contribution in [2.75, 3.05) is 0 Å². The molecule has 0 amide bonds. The number of aliphatic hydroxyl groups is 1. The number of H-pyrrole nitrogens is 1. The van der Waals surface area contributed by atoms with Gasteiger partial charge in [-0.1, -0.05) is 29.8 Å². The fraction of sp³-hybridized carbons (Fsp3) is 0.125. The van der Waals surface area contributed by atoms with E-state index in [-0.39, 0.29) is 17.4 Å². The number of rotatable bonds is 5. The minimum atomic E-state index is -0.368. The molecule has 2 heterocycles. The van der Waals surface area contributed by atoms with Gasteiger partial charge < -0.3 is 5.11 Å². The van der Waals surface area contributed by atoms with Crippen molar-refractivity contribution in [2.45, 2.75) is 13.3 Å². The predicted molar refractivity (Wildman–Crippen MR) is 87.4 cm³/mol. The Kier molecular flexibility index (Phi) is 4.29. The molecule has 3 aromatic rings. The monoisotopic (exact) mass is 326 g/mol. The van der Waals surface area contributed by atoms with Crippen molar-refractivity contribution in [1.29, 1.82) is 0 Å². The highest BCUT2D eigenvalue weighted by Crippen LogP contribution is 2.16. The molecule has 0 spiro atoms. The third-order valence-corrected chi connectivity index (χ3v) is 4.09. The summed E-state index contributed by atoms with van der Waals surface area (Å²) in [7, 11) is 0. The first kappa shape index (κ1) is 15.1. The molecular formula is C16H14N4O2S. The van der Waals surface area contributed by atoms with Crippen molar-refractivity contribution >= 4 is 22.9 Å². The second kappa shape index (κ2) is 6.53. The van der Waals surface area contributed by atoms with Crippen LogP contribution in [0.25, 0.3) is 5.76 Å². The Morgan fingerprint density at radius 2 is 2.13 bits per heavy atom. The van der Waals surface area contributed by atoms with E-state index in [1.54, 1.807) is 0 Å². The predicted octanol–water partition coefficient (Wildman–Crippen LogP) is 2.94. The molecule has 1 aromatic carbocycles. The van der Waals surface area contributed by atoms with E-state index in [2.05, 4.69) is 20.2 Å². The molecule has 2 aromatic heterocycles. The summed E-state index contributed by atoms with van der Waals surface area (Å²) in [4.78, 5) is 20.2. The Labute approximate surface area is 136 Å². The van der Waals surface area contributed by atoms with Crippen LogP contribution in [0.3, 0.4) is 0 Å². The van der Waals surface area contributed by atoms with E-state index in [4.69, 9.17) is 0 Å². The summed E-state index contributed by atoms with van der Waals surface area (Å²) in [5.74, 6) is -0.575. The summed E-state index contributed by atoms with van der Waals surface area (Å²) in [6.45, 7) is 2.04. The third kappa shape index (κ3) is 3.70. The number of thiazole rings is 1. The molecule has 0 radical (unpaired) electrons. The second-order valence-electron chi connectivity index (χ2n) is 5.02. The van der Waals surface area contributed by atoms with Crippen molar-refractivity contribution in [3.63, 3.8) is 0 Å². The maximum absolute atomic E-state index is 12.1. The zero-order valence-corrected chi connectivity index (χ0v) is 13.2. The van der Waals surface area contributed by atoms with Crippen LogP contribution in [-0.4, -0.2) is 31.1 Å². The van der Waals surface area contributed by atoms with Gasteiger partial charge in [0.2, 0.25) is 11.6 Å². The number of benzene rings is 1. The smallest absolute Gasteiger partial charge is 0.218 e. The molecule has 0 unspecified atom stereocenters. The Bertz CT molecular complexity index is 835. The molecule has 3 rings (SSSR count). The molecule has 0 saturated carbocycles. The molecule has 0 aliphatic rings. The highest BCUT2D eigenvalue weighted by atomic mass is 32.1. The number of hydrogen-bond donors (Lipinski definition) is 2.